The molecule has 2 aromatic rings. The highest BCUT2D eigenvalue weighted by Crippen LogP contribution is 2.24. The van der Waals surface area contributed by atoms with E-state index in [2.05, 4.69) is 5.32 Å². The average molecular weight is 401 g/mol. The molecule has 0 aliphatic carbocycles. The van der Waals surface area contributed by atoms with Gasteiger partial charge in [0.2, 0.25) is 11.8 Å². The van der Waals surface area contributed by atoms with Crippen molar-refractivity contribution in [3.05, 3.63) is 54.3 Å². The normalized spacial score (nSPS) is 16.6. The van der Waals surface area contributed by atoms with Gasteiger partial charge in [-0.05, 0) is 54.5 Å². The largest absolute Gasteiger partial charge is 0.342 e. The smallest absolute Gasteiger partial charge is 0.229 e. The van der Waals surface area contributed by atoms with Crippen LogP contribution < -0.4 is 5.32 Å². The Hall–Kier alpha value is -2.34. The van der Waals surface area contributed by atoms with Gasteiger partial charge >= 0.3 is 0 Å². The second-order valence-electron chi connectivity index (χ2n) is 7.00. The van der Waals surface area contributed by atoms with Gasteiger partial charge < -0.3 is 10.2 Å². The van der Waals surface area contributed by atoms with E-state index in [-0.39, 0.29) is 23.5 Å². The van der Waals surface area contributed by atoms with Gasteiger partial charge in [0.1, 0.15) is 5.82 Å². The Bertz CT molecular complexity index is 826. The summed E-state index contributed by atoms with van der Waals surface area (Å²) < 4.78 is 13.1. The lowest BCUT2D eigenvalue weighted by Crippen LogP contribution is -2.43. The molecule has 0 aromatic heterocycles. The minimum atomic E-state index is -0.276. The SMILES string of the molecule is CSCCC(=O)N1CCCC(C(=O)Nc2cccc(-c3ccc(F)cc3)c2)C1. The fraction of sp³-hybridized carbons (Fsp3) is 0.364. The number of likely N-dealkylation sites (tertiary alicyclic amines) is 1. The molecule has 1 heterocycles. The minimum Gasteiger partial charge on any atom is -0.342 e. The van der Waals surface area contributed by atoms with E-state index >= 15 is 0 Å². The van der Waals surface area contributed by atoms with Crippen LogP contribution in [-0.4, -0.2) is 41.8 Å². The summed E-state index contributed by atoms with van der Waals surface area (Å²) in [5, 5.41) is 2.98. The monoisotopic (exact) mass is 400 g/mol. The van der Waals surface area contributed by atoms with Crippen LogP contribution in [0.15, 0.2) is 48.5 Å². The highest BCUT2D eigenvalue weighted by molar-refractivity contribution is 7.98. The maximum atomic E-state index is 13.1. The molecule has 28 heavy (non-hydrogen) atoms. The zero-order chi connectivity index (χ0) is 19.9. The second kappa shape index (κ2) is 9.73. The number of thioether (sulfide) groups is 1. The van der Waals surface area contributed by atoms with Crippen molar-refractivity contribution in [1.29, 1.82) is 0 Å². The summed E-state index contributed by atoms with van der Waals surface area (Å²) in [6, 6.07) is 13.8. The molecule has 1 unspecified atom stereocenters. The second-order valence-corrected chi connectivity index (χ2v) is 7.98. The van der Waals surface area contributed by atoms with Crippen LogP contribution in [0.25, 0.3) is 11.1 Å². The molecule has 0 saturated carbocycles. The molecular weight excluding hydrogens is 375 g/mol. The number of hydrogen-bond acceptors (Lipinski definition) is 3. The van der Waals surface area contributed by atoms with Gasteiger partial charge in [-0.3, -0.25) is 9.59 Å². The van der Waals surface area contributed by atoms with Crippen molar-refractivity contribution in [2.24, 2.45) is 5.92 Å². The van der Waals surface area contributed by atoms with Gasteiger partial charge in [-0.15, -0.1) is 0 Å². The molecular formula is C22H25FN2O2S. The highest BCUT2D eigenvalue weighted by atomic mass is 32.2. The zero-order valence-corrected chi connectivity index (χ0v) is 16.8. The van der Waals surface area contributed by atoms with E-state index in [1.807, 2.05) is 35.4 Å². The number of amides is 2. The fourth-order valence-electron chi connectivity index (χ4n) is 3.43. The van der Waals surface area contributed by atoms with Crippen LogP contribution in [-0.2, 0) is 9.59 Å². The minimum absolute atomic E-state index is 0.0568. The molecule has 2 amide bonds. The molecule has 3 rings (SSSR count). The van der Waals surface area contributed by atoms with E-state index in [0.717, 1.165) is 36.3 Å². The van der Waals surface area contributed by atoms with Crippen molar-refractivity contribution in [2.75, 3.05) is 30.4 Å². The Balaban J connectivity index is 1.63. The number of hydrogen-bond donors (Lipinski definition) is 1. The quantitative estimate of drug-likeness (QED) is 0.781. The summed E-state index contributed by atoms with van der Waals surface area (Å²) in [4.78, 5) is 26.8. The topological polar surface area (TPSA) is 49.4 Å². The molecule has 4 nitrogen and oxygen atoms in total. The predicted octanol–water partition coefficient (Wildman–Crippen LogP) is 4.42. The van der Waals surface area contributed by atoms with Gasteiger partial charge in [-0.1, -0.05) is 24.3 Å². The Kier molecular flexibility index (Phi) is 7.09. The Morgan fingerprint density at radius 3 is 2.71 bits per heavy atom. The molecule has 0 spiro atoms. The summed E-state index contributed by atoms with van der Waals surface area (Å²) in [6.07, 6.45) is 4.14. The molecule has 1 saturated heterocycles. The molecule has 1 N–H and O–H groups in total. The van der Waals surface area contributed by atoms with Crippen LogP contribution in [0.5, 0.6) is 0 Å². The number of anilines is 1. The molecule has 0 radical (unpaired) electrons. The fourth-order valence-corrected chi connectivity index (χ4v) is 3.81. The summed E-state index contributed by atoms with van der Waals surface area (Å²) in [7, 11) is 0. The molecule has 1 fully saturated rings. The molecule has 2 aromatic carbocycles. The molecule has 1 aliphatic rings. The number of nitrogens with one attached hydrogen (secondary N) is 1. The van der Waals surface area contributed by atoms with Gasteiger partial charge in [0.25, 0.3) is 0 Å². The lowest BCUT2D eigenvalue weighted by Gasteiger charge is -2.32. The lowest BCUT2D eigenvalue weighted by molar-refractivity contribution is -0.134. The van der Waals surface area contributed by atoms with E-state index in [4.69, 9.17) is 0 Å². The van der Waals surface area contributed by atoms with Crippen LogP contribution in [0.4, 0.5) is 10.1 Å². The number of benzene rings is 2. The van der Waals surface area contributed by atoms with Gasteiger partial charge in [0.15, 0.2) is 0 Å². The van der Waals surface area contributed by atoms with E-state index in [9.17, 15) is 14.0 Å². The lowest BCUT2D eigenvalue weighted by atomic mass is 9.96. The number of halogens is 1. The van der Waals surface area contributed by atoms with Crippen LogP contribution in [0.1, 0.15) is 19.3 Å². The maximum absolute atomic E-state index is 13.1. The first-order valence-corrected chi connectivity index (χ1v) is 10.9. The molecule has 6 heteroatoms. The van der Waals surface area contributed by atoms with E-state index in [1.54, 1.807) is 23.9 Å². The molecule has 148 valence electrons. The zero-order valence-electron chi connectivity index (χ0n) is 16.0. The van der Waals surface area contributed by atoms with Gasteiger partial charge in [0.05, 0.1) is 5.92 Å². The molecule has 1 atom stereocenters. The third-order valence-corrected chi connectivity index (χ3v) is 5.58. The van der Waals surface area contributed by atoms with Crippen molar-refractivity contribution in [1.82, 2.24) is 4.90 Å². The number of piperidine rings is 1. The van der Waals surface area contributed by atoms with Crippen molar-refractivity contribution in [3.63, 3.8) is 0 Å². The third kappa shape index (κ3) is 5.35. The Morgan fingerprint density at radius 1 is 1.18 bits per heavy atom. The standard InChI is InChI=1S/C22H25FN2O2S/c1-28-13-11-21(26)25-12-3-5-18(15-25)22(27)24-20-6-2-4-17(14-20)16-7-9-19(23)10-8-16/h2,4,6-10,14,18H,3,5,11-13,15H2,1H3,(H,24,27). The van der Waals surface area contributed by atoms with Gasteiger partial charge in [-0.2, -0.15) is 11.8 Å². The van der Waals surface area contributed by atoms with Crippen molar-refractivity contribution in [2.45, 2.75) is 19.3 Å². The highest BCUT2D eigenvalue weighted by Gasteiger charge is 2.28. The number of rotatable bonds is 6. The summed E-state index contributed by atoms with van der Waals surface area (Å²) in [5.41, 5.74) is 2.51. The summed E-state index contributed by atoms with van der Waals surface area (Å²) >= 11 is 1.66. The number of carbonyl (C=O) groups is 2. The first-order chi connectivity index (χ1) is 13.6. The maximum Gasteiger partial charge on any atom is 0.229 e. The van der Waals surface area contributed by atoms with E-state index in [0.29, 0.717) is 18.7 Å². The number of carbonyl (C=O) groups excluding carboxylic acids is 2. The number of nitrogens with zero attached hydrogens (tertiary/aromatic N) is 1. The van der Waals surface area contributed by atoms with Crippen molar-refractivity contribution >= 4 is 29.3 Å². The average Bonchev–Trinajstić information content (AvgIpc) is 2.73. The third-order valence-electron chi connectivity index (χ3n) is 4.97. The van der Waals surface area contributed by atoms with Crippen LogP contribution >= 0.6 is 11.8 Å². The van der Waals surface area contributed by atoms with E-state index < -0.39 is 0 Å². The first kappa shape index (κ1) is 20.4. The Labute approximate surface area is 169 Å². The molecule has 0 bridgehead atoms. The van der Waals surface area contributed by atoms with Gasteiger partial charge in [0, 0.05) is 31.0 Å². The summed E-state index contributed by atoms with van der Waals surface area (Å²) in [6.45, 7) is 1.22. The summed E-state index contributed by atoms with van der Waals surface area (Å²) in [5.74, 6) is 0.412. The van der Waals surface area contributed by atoms with E-state index in [1.165, 1.54) is 12.1 Å². The van der Waals surface area contributed by atoms with Crippen molar-refractivity contribution in [3.8, 4) is 11.1 Å². The van der Waals surface area contributed by atoms with Crippen molar-refractivity contribution < 1.29 is 14.0 Å². The predicted molar refractivity (Wildman–Crippen MR) is 113 cm³/mol. The van der Waals surface area contributed by atoms with Gasteiger partial charge in [-0.25, -0.2) is 4.39 Å². The van der Waals surface area contributed by atoms with Crippen LogP contribution in [0.3, 0.4) is 0 Å². The Morgan fingerprint density at radius 2 is 1.96 bits per heavy atom. The molecule has 1 aliphatic heterocycles. The van der Waals surface area contributed by atoms with Crippen LogP contribution in [0, 0.1) is 11.7 Å². The first-order valence-electron chi connectivity index (χ1n) is 9.50. The van der Waals surface area contributed by atoms with Crippen LogP contribution in [0.2, 0.25) is 0 Å².